The number of aryl methyl sites for hydroxylation is 1. The highest BCUT2D eigenvalue weighted by Gasteiger charge is 2.35. The second-order valence-corrected chi connectivity index (χ2v) is 13.6. The largest absolute Gasteiger partial charge is 0.396 e. The lowest BCUT2D eigenvalue weighted by atomic mass is 9.80. The molecule has 1 fully saturated rings. The van der Waals surface area contributed by atoms with Crippen molar-refractivity contribution < 1.29 is 18.3 Å². The fourth-order valence-electron chi connectivity index (χ4n) is 5.85. The van der Waals surface area contributed by atoms with Crippen LogP contribution in [0, 0.1) is 11.3 Å². The number of benzene rings is 3. The number of rotatable bonds is 9. The number of aliphatic hydroxyl groups excluding tert-OH is 1. The standard InChI is InChI=1S/C33H39N3O4S/c1-33(2,22-37)31(24-12-8-5-9-13-24)34-32(38)25-14-17-27(18-15-25)35-41(39,40)28-19-16-26-20-29(36(3)30(26)21-28)23-10-6-4-7-11-23/h4-13,16,19-21,25,27,31,35,37H,14-15,17-18,22H2,1-3H3,(H,34,38)/t25-,27-,31-/m0/s1. The fraction of sp³-hybridized carbons (Fsp3) is 0.364. The Morgan fingerprint density at radius 1 is 0.951 bits per heavy atom. The van der Waals surface area contributed by atoms with Crippen molar-refractivity contribution in [3.8, 4) is 11.3 Å². The van der Waals surface area contributed by atoms with Gasteiger partial charge in [0.05, 0.1) is 17.5 Å². The van der Waals surface area contributed by atoms with Crippen LogP contribution in [-0.2, 0) is 21.9 Å². The van der Waals surface area contributed by atoms with Gasteiger partial charge in [0.15, 0.2) is 0 Å². The predicted molar refractivity (Wildman–Crippen MR) is 163 cm³/mol. The van der Waals surface area contributed by atoms with Gasteiger partial charge in [0.2, 0.25) is 15.9 Å². The van der Waals surface area contributed by atoms with Crippen LogP contribution in [0.5, 0.6) is 0 Å². The molecule has 1 amide bonds. The summed E-state index contributed by atoms with van der Waals surface area (Å²) in [4.78, 5) is 13.5. The van der Waals surface area contributed by atoms with Crippen molar-refractivity contribution in [2.24, 2.45) is 18.4 Å². The summed E-state index contributed by atoms with van der Waals surface area (Å²) in [5, 5.41) is 14.2. The third-order valence-corrected chi connectivity index (χ3v) is 9.94. The van der Waals surface area contributed by atoms with Gasteiger partial charge in [0, 0.05) is 41.0 Å². The molecular formula is C33H39N3O4S. The highest BCUT2D eigenvalue weighted by Crippen LogP contribution is 2.35. The molecule has 1 saturated carbocycles. The Hall–Kier alpha value is -3.46. The Kier molecular flexibility index (Phi) is 8.36. The zero-order valence-corrected chi connectivity index (χ0v) is 24.7. The molecule has 1 aliphatic carbocycles. The lowest BCUT2D eigenvalue weighted by Gasteiger charge is -2.36. The zero-order chi connectivity index (χ0) is 29.2. The molecule has 1 aromatic heterocycles. The number of aliphatic hydroxyl groups is 1. The van der Waals surface area contributed by atoms with Gasteiger partial charge in [0.25, 0.3) is 0 Å². The number of sulfonamides is 1. The van der Waals surface area contributed by atoms with Crippen molar-refractivity contribution in [1.29, 1.82) is 0 Å². The summed E-state index contributed by atoms with van der Waals surface area (Å²) in [5.74, 6) is -0.252. The van der Waals surface area contributed by atoms with Crippen molar-refractivity contribution in [3.05, 3.63) is 90.5 Å². The summed E-state index contributed by atoms with van der Waals surface area (Å²) < 4.78 is 31.7. The molecular weight excluding hydrogens is 534 g/mol. The number of aromatic nitrogens is 1. The van der Waals surface area contributed by atoms with Gasteiger partial charge in [-0.15, -0.1) is 0 Å². The maximum absolute atomic E-state index is 13.4. The molecule has 0 aliphatic heterocycles. The quantitative estimate of drug-likeness (QED) is 0.244. The maximum Gasteiger partial charge on any atom is 0.240 e. The third kappa shape index (κ3) is 6.25. The first-order valence-electron chi connectivity index (χ1n) is 14.2. The summed E-state index contributed by atoms with van der Waals surface area (Å²) >= 11 is 0. The third-order valence-electron chi connectivity index (χ3n) is 8.42. The van der Waals surface area contributed by atoms with E-state index in [0.717, 1.165) is 27.7 Å². The summed E-state index contributed by atoms with van der Waals surface area (Å²) in [6.45, 7) is 3.81. The van der Waals surface area contributed by atoms with E-state index in [9.17, 15) is 18.3 Å². The van der Waals surface area contributed by atoms with Gasteiger partial charge < -0.3 is 15.0 Å². The first-order chi connectivity index (χ1) is 19.6. The van der Waals surface area contributed by atoms with Crippen LogP contribution in [0.4, 0.5) is 0 Å². The first-order valence-corrected chi connectivity index (χ1v) is 15.7. The molecule has 8 heteroatoms. The monoisotopic (exact) mass is 573 g/mol. The number of nitrogens with zero attached hydrogens (tertiary/aromatic N) is 1. The van der Waals surface area contributed by atoms with Gasteiger partial charge in [-0.05, 0) is 55.0 Å². The normalized spacial score (nSPS) is 18.7. The van der Waals surface area contributed by atoms with E-state index in [-0.39, 0.29) is 35.4 Å². The van der Waals surface area contributed by atoms with Crippen LogP contribution in [-0.4, -0.2) is 36.6 Å². The van der Waals surface area contributed by atoms with Crippen molar-refractivity contribution >= 4 is 26.8 Å². The van der Waals surface area contributed by atoms with Crippen molar-refractivity contribution in [2.45, 2.75) is 56.5 Å². The molecule has 0 radical (unpaired) electrons. The van der Waals surface area contributed by atoms with Crippen molar-refractivity contribution in [1.82, 2.24) is 14.6 Å². The van der Waals surface area contributed by atoms with E-state index in [1.807, 2.05) is 92.2 Å². The van der Waals surface area contributed by atoms with Crippen molar-refractivity contribution in [2.75, 3.05) is 6.61 Å². The summed E-state index contributed by atoms with van der Waals surface area (Å²) in [5.41, 5.74) is 3.37. The molecule has 0 spiro atoms. The van der Waals surface area contributed by atoms with E-state index < -0.39 is 15.4 Å². The molecule has 5 rings (SSSR count). The minimum atomic E-state index is -3.73. The average molecular weight is 574 g/mol. The molecule has 0 unspecified atom stereocenters. The van der Waals surface area contributed by atoms with Gasteiger partial charge in [-0.1, -0.05) is 80.6 Å². The van der Waals surface area contributed by atoms with Gasteiger partial charge in [-0.3, -0.25) is 4.79 Å². The number of hydrogen-bond donors (Lipinski definition) is 3. The predicted octanol–water partition coefficient (Wildman–Crippen LogP) is 5.56. The Balaban J connectivity index is 1.24. The van der Waals surface area contributed by atoms with Gasteiger partial charge in [-0.25, -0.2) is 13.1 Å². The van der Waals surface area contributed by atoms with Crippen LogP contribution in [0.3, 0.4) is 0 Å². The highest BCUT2D eigenvalue weighted by molar-refractivity contribution is 7.89. The Bertz CT molecular complexity index is 1610. The number of carbonyl (C=O) groups is 1. The smallest absolute Gasteiger partial charge is 0.240 e. The van der Waals surface area contributed by atoms with E-state index in [1.54, 1.807) is 12.1 Å². The Morgan fingerprint density at radius 3 is 2.22 bits per heavy atom. The Labute approximate surface area is 242 Å². The van der Waals surface area contributed by atoms with Crippen LogP contribution in [0.15, 0.2) is 89.8 Å². The number of nitrogens with one attached hydrogen (secondary N) is 2. The molecule has 3 N–H and O–H groups in total. The summed E-state index contributed by atoms with van der Waals surface area (Å²) in [6.07, 6.45) is 2.36. The summed E-state index contributed by atoms with van der Waals surface area (Å²) in [7, 11) is -1.78. The molecule has 1 atom stereocenters. The van der Waals surface area contributed by atoms with E-state index in [0.29, 0.717) is 25.7 Å². The van der Waals surface area contributed by atoms with Crippen LogP contribution in [0.1, 0.15) is 51.1 Å². The Morgan fingerprint density at radius 2 is 1.59 bits per heavy atom. The minimum absolute atomic E-state index is 0.0509. The summed E-state index contributed by atoms with van der Waals surface area (Å²) in [6, 6.07) is 26.5. The maximum atomic E-state index is 13.4. The fourth-order valence-corrected chi connectivity index (χ4v) is 7.18. The first kappa shape index (κ1) is 29.0. The van der Waals surface area contributed by atoms with Gasteiger partial charge in [-0.2, -0.15) is 0 Å². The number of amides is 1. The SMILES string of the molecule is Cn1c(-c2ccccc2)cc2ccc(S(=O)(=O)N[C@H]3CC[C@H](C(=O)N[C@@H](c4ccccc4)C(C)(C)CO)CC3)cc21. The van der Waals surface area contributed by atoms with Gasteiger partial charge in [0.1, 0.15) is 0 Å². The van der Waals surface area contributed by atoms with E-state index in [2.05, 4.69) is 16.1 Å². The minimum Gasteiger partial charge on any atom is -0.396 e. The number of fused-ring (bicyclic) bond motifs is 1. The number of hydrogen-bond acceptors (Lipinski definition) is 4. The molecule has 0 saturated heterocycles. The van der Waals surface area contributed by atoms with Gasteiger partial charge >= 0.3 is 0 Å². The van der Waals surface area contributed by atoms with E-state index >= 15 is 0 Å². The molecule has 3 aromatic carbocycles. The van der Waals surface area contributed by atoms with Crippen LogP contribution in [0.25, 0.3) is 22.2 Å². The molecule has 0 bridgehead atoms. The van der Waals surface area contributed by atoms with Crippen LogP contribution < -0.4 is 10.0 Å². The second-order valence-electron chi connectivity index (χ2n) is 11.8. The molecule has 216 valence electrons. The number of carbonyl (C=O) groups excluding carboxylic acids is 1. The molecule has 1 heterocycles. The van der Waals surface area contributed by atoms with Crippen LogP contribution >= 0.6 is 0 Å². The molecule has 41 heavy (non-hydrogen) atoms. The second kappa shape index (κ2) is 11.8. The van der Waals surface area contributed by atoms with E-state index in [1.165, 1.54) is 0 Å². The lowest BCUT2D eigenvalue weighted by Crippen LogP contribution is -2.45. The molecule has 7 nitrogen and oxygen atoms in total. The van der Waals surface area contributed by atoms with Crippen molar-refractivity contribution in [3.63, 3.8) is 0 Å². The lowest BCUT2D eigenvalue weighted by molar-refractivity contribution is -0.128. The van der Waals surface area contributed by atoms with E-state index in [4.69, 9.17) is 0 Å². The highest BCUT2D eigenvalue weighted by atomic mass is 32.2. The molecule has 4 aromatic rings. The topological polar surface area (TPSA) is 100 Å². The average Bonchev–Trinajstić information content (AvgIpc) is 3.32. The zero-order valence-electron chi connectivity index (χ0n) is 23.9. The van der Waals surface area contributed by atoms with Crippen LogP contribution in [0.2, 0.25) is 0 Å². The molecule has 1 aliphatic rings.